The van der Waals surface area contributed by atoms with Gasteiger partial charge in [-0.2, -0.15) is 0 Å². The minimum Gasteiger partial charge on any atom is -0.490 e. The van der Waals surface area contributed by atoms with E-state index in [0.717, 1.165) is 12.2 Å². The first-order valence-electron chi connectivity index (χ1n) is 7.12. The number of hydrogen-bond donors (Lipinski definition) is 1. The van der Waals surface area contributed by atoms with Gasteiger partial charge in [0, 0.05) is 6.04 Å². The Morgan fingerprint density at radius 1 is 1.33 bits per heavy atom. The van der Waals surface area contributed by atoms with Gasteiger partial charge in [-0.05, 0) is 56.3 Å². The summed E-state index contributed by atoms with van der Waals surface area (Å²) in [6, 6.07) is 9.17. The molecule has 1 atom stereocenters. The molecule has 1 N–H and O–H groups in total. The van der Waals surface area contributed by atoms with Crippen molar-refractivity contribution in [1.29, 1.82) is 0 Å². The molecule has 1 aromatic carbocycles. The summed E-state index contributed by atoms with van der Waals surface area (Å²) in [5, 5.41) is 3.40. The molecule has 2 heteroatoms. The molecule has 100 valence electrons. The molecule has 0 aromatic heterocycles. The molecule has 1 aromatic rings. The highest BCUT2D eigenvalue weighted by Gasteiger charge is 2.23. The molecule has 2 rings (SSSR count). The van der Waals surface area contributed by atoms with Crippen LogP contribution in [-0.4, -0.2) is 19.2 Å². The minimum atomic E-state index is 0.487. The van der Waals surface area contributed by atoms with Crippen LogP contribution in [0.5, 0.6) is 5.75 Å². The normalized spacial score (nSPS) is 16.9. The van der Waals surface area contributed by atoms with E-state index in [2.05, 4.69) is 50.5 Å². The van der Waals surface area contributed by atoms with E-state index in [1.807, 2.05) is 0 Å². The first-order chi connectivity index (χ1) is 8.69. The van der Waals surface area contributed by atoms with Crippen molar-refractivity contribution in [3.05, 3.63) is 29.8 Å². The molecule has 2 nitrogen and oxygen atoms in total. The zero-order valence-corrected chi connectivity index (χ0v) is 11.8. The van der Waals surface area contributed by atoms with Gasteiger partial charge in [-0.1, -0.05) is 26.0 Å². The summed E-state index contributed by atoms with van der Waals surface area (Å²) in [5.74, 6) is 1.72. The average molecular weight is 247 g/mol. The second kappa shape index (κ2) is 6.24. The van der Waals surface area contributed by atoms with E-state index in [4.69, 9.17) is 4.74 Å². The maximum atomic E-state index is 5.83. The Hall–Kier alpha value is -1.02. The third-order valence-corrected chi connectivity index (χ3v) is 3.65. The van der Waals surface area contributed by atoms with Gasteiger partial charge in [0.25, 0.3) is 0 Å². The number of benzene rings is 1. The predicted molar refractivity (Wildman–Crippen MR) is 76.1 cm³/mol. The molecule has 1 saturated carbocycles. The van der Waals surface area contributed by atoms with Crippen LogP contribution in [0.2, 0.25) is 0 Å². The van der Waals surface area contributed by atoms with Crippen LogP contribution in [0.15, 0.2) is 24.3 Å². The second-order valence-electron chi connectivity index (χ2n) is 5.64. The van der Waals surface area contributed by atoms with Crippen molar-refractivity contribution >= 4 is 0 Å². The molecule has 1 fully saturated rings. The fraction of sp³-hybridized carbons (Fsp3) is 0.625. The van der Waals surface area contributed by atoms with Crippen LogP contribution in [-0.2, 0) is 6.42 Å². The third kappa shape index (κ3) is 4.02. The Morgan fingerprint density at radius 2 is 2.11 bits per heavy atom. The summed E-state index contributed by atoms with van der Waals surface area (Å²) in [4.78, 5) is 0. The topological polar surface area (TPSA) is 21.3 Å². The summed E-state index contributed by atoms with van der Waals surface area (Å²) >= 11 is 0. The predicted octanol–water partition coefficient (Wildman–Crippen LogP) is 3.40. The molecule has 0 aliphatic heterocycles. The summed E-state index contributed by atoms with van der Waals surface area (Å²) in [5.41, 5.74) is 1.38. The molecule has 0 heterocycles. The lowest BCUT2D eigenvalue weighted by atomic mass is 9.97. The maximum absolute atomic E-state index is 5.83. The van der Waals surface area contributed by atoms with Crippen LogP contribution >= 0.6 is 0 Å². The van der Waals surface area contributed by atoms with Crippen LogP contribution in [0.1, 0.15) is 38.7 Å². The van der Waals surface area contributed by atoms with E-state index in [-0.39, 0.29) is 0 Å². The van der Waals surface area contributed by atoms with Gasteiger partial charge in [-0.15, -0.1) is 0 Å². The van der Waals surface area contributed by atoms with Gasteiger partial charge >= 0.3 is 0 Å². The highest BCUT2D eigenvalue weighted by molar-refractivity contribution is 5.29. The zero-order valence-electron chi connectivity index (χ0n) is 11.8. The molecule has 0 radical (unpaired) electrons. The van der Waals surface area contributed by atoms with Gasteiger partial charge in [0.15, 0.2) is 0 Å². The van der Waals surface area contributed by atoms with Gasteiger partial charge in [0.1, 0.15) is 5.75 Å². The highest BCUT2D eigenvalue weighted by atomic mass is 16.5. The molecule has 1 aliphatic carbocycles. The van der Waals surface area contributed by atoms with Crippen molar-refractivity contribution in [1.82, 2.24) is 5.32 Å². The number of hydrogen-bond acceptors (Lipinski definition) is 2. The SMILES string of the molecule is CNC(CCc1cccc(OC2CC2)c1)C(C)C. The average Bonchev–Trinajstić information content (AvgIpc) is 3.14. The van der Waals surface area contributed by atoms with E-state index in [1.54, 1.807) is 0 Å². The lowest BCUT2D eigenvalue weighted by Crippen LogP contribution is -2.30. The number of aryl methyl sites for hydroxylation is 1. The van der Waals surface area contributed by atoms with Crippen molar-refractivity contribution in [2.24, 2.45) is 5.92 Å². The van der Waals surface area contributed by atoms with E-state index in [9.17, 15) is 0 Å². The van der Waals surface area contributed by atoms with Crippen molar-refractivity contribution in [3.63, 3.8) is 0 Å². The third-order valence-electron chi connectivity index (χ3n) is 3.65. The minimum absolute atomic E-state index is 0.487. The van der Waals surface area contributed by atoms with Crippen LogP contribution < -0.4 is 10.1 Å². The summed E-state index contributed by atoms with van der Waals surface area (Å²) < 4.78 is 5.83. The van der Waals surface area contributed by atoms with E-state index < -0.39 is 0 Å². The fourth-order valence-corrected chi connectivity index (χ4v) is 2.29. The molecule has 1 unspecified atom stereocenters. The Kier molecular flexibility index (Phi) is 4.65. The van der Waals surface area contributed by atoms with Crippen LogP contribution in [0.25, 0.3) is 0 Å². The van der Waals surface area contributed by atoms with Crippen LogP contribution in [0, 0.1) is 5.92 Å². The molecule has 0 bridgehead atoms. The number of nitrogens with one attached hydrogen (secondary N) is 1. The summed E-state index contributed by atoms with van der Waals surface area (Å²) in [6.07, 6.45) is 5.23. The quantitative estimate of drug-likeness (QED) is 0.797. The van der Waals surface area contributed by atoms with Gasteiger partial charge in [-0.25, -0.2) is 0 Å². The number of rotatable bonds is 7. The lowest BCUT2D eigenvalue weighted by Gasteiger charge is -2.20. The molecule has 0 spiro atoms. The largest absolute Gasteiger partial charge is 0.490 e. The van der Waals surface area contributed by atoms with Gasteiger partial charge in [-0.3, -0.25) is 0 Å². The first kappa shape index (κ1) is 13.4. The first-order valence-corrected chi connectivity index (χ1v) is 7.12. The number of ether oxygens (including phenoxy) is 1. The van der Waals surface area contributed by atoms with Gasteiger partial charge < -0.3 is 10.1 Å². The van der Waals surface area contributed by atoms with Crippen LogP contribution in [0.4, 0.5) is 0 Å². The van der Waals surface area contributed by atoms with E-state index in [0.29, 0.717) is 18.1 Å². The van der Waals surface area contributed by atoms with E-state index in [1.165, 1.54) is 24.8 Å². The molecule has 0 amide bonds. The molecule has 1 aliphatic rings. The highest BCUT2D eigenvalue weighted by Crippen LogP contribution is 2.27. The smallest absolute Gasteiger partial charge is 0.119 e. The Morgan fingerprint density at radius 3 is 2.72 bits per heavy atom. The molecule has 0 saturated heterocycles. The van der Waals surface area contributed by atoms with E-state index >= 15 is 0 Å². The molecular formula is C16H25NO. The second-order valence-corrected chi connectivity index (χ2v) is 5.64. The van der Waals surface area contributed by atoms with Gasteiger partial charge in [0.05, 0.1) is 6.10 Å². The summed E-state index contributed by atoms with van der Waals surface area (Å²) in [7, 11) is 2.05. The van der Waals surface area contributed by atoms with Crippen molar-refractivity contribution in [2.45, 2.75) is 51.7 Å². The molecular weight excluding hydrogens is 222 g/mol. The van der Waals surface area contributed by atoms with Crippen molar-refractivity contribution < 1.29 is 4.74 Å². The zero-order chi connectivity index (χ0) is 13.0. The monoisotopic (exact) mass is 247 g/mol. The van der Waals surface area contributed by atoms with Gasteiger partial charge in [0.2, 0.25) is 0 Å². The lowest BCUT2D eigenvalue weighted by molar-refractivity contribution is 0.303. The standard InChI is InChI=1S/C16H25NO/c1-12(2)16(17-3)10-7-13-5-4-6-15(11-13)18-14-8-9-14/h4-6,11-12,14,16-17H,7-10H2,1-3H3. The summed E-state index contributed by atoms with van der Waals surface area (Å²) in [6.45, 7) is 4.54. The Bertz CT molecular complexity index is 371. The Labute approximate surface area is 111 Å². The fourth-order valence-electron chi connectivity index (χ4n) is 2.29. The van der Waals surface area contributed by atoms with Crippen LogP contribution in [0.3, 0.4) is 0 Å². The Balaban J connectivity index is 1.87. The maximum Gasteiger partial charge on any atom is 0.119 e. The van der Waals surface area contributed by atoms with Crippen molar-refractivity contribution in [3.8, 4) is 5.75 Å². The van der Waals surface area contributed by atoms with Crippen molar-refractivity contribution in [2.75, 3.05) is 7.05 Å². The molecule has 18 heavy (non-hydrogen) atoms.